The van der Waals surface area contributed by atoms with Crippen LogP contribution >= 0.6 is 0 Å². The lowest BCUT2D eigenvalue weighted by Gasteiger charge is -2.46. The number of likely N-dealkylation sites (tertiary alicyclic amines) is 1. The molecule has 20 heavy (non-hydrogen) atoms. The Morgan fingerprint density at radius 2 is 1.90 bits per heavy atom. The summed E-state index contributed by atoms with van der Waals surface area (Å²) >= 11 is 0. The molecule has 2 atom stereocenters. The van der Waals surface area contributed by atoms with E-state index < -0.39 is 0 Å². The summed E-state index contributed by atoms with van der Waals surface area (Å²) < 4.78 is 5.62. The van der Waals surface area contributed by atoms with Crippen LogP contribution in [0.3, 0.4) is 0 Å². The first-order valence-corrected chi connectivity index (χ1v) is 8.56. The second-order valence-corrected chi connectivity index (χ2v) is 7.61. The summed E-state index contributed by atoms with van der Waals surface area (Å²) in [5, 5.41) is 3.69. The van der Waals surface area contributed by atoms with Crippen LogP contribution in [0.1, 0.15) is 53.4 Å². The van der Waals surface area contributed by atoms with E-state index in [9.17, 15) is 0 Å². The first-order chi connectivity index (χ1) is 9.51. The van der Waals surface area contributed by atoms with Crippen LogP contribution in [0.25, 0.3) is 0 Å². The van der Waals surface area contributed by atoms with Gasteiger partial charge in [0, 0.05) is 44.9 Å². The molecule has 2 aliphatic heterocycles. The van der Waals surface area contributed by atoms with E-state index in [1.165, 1.54) is 38.8 Å². The summed E-state index contributed by atoms with van der Waals surface area (Å²) in [5.41, 5.74) is 0.424. The van der Waals surface area contributed by atoms with Crippen LogP contribution < -0.4 is 5.32 Å². The van der Waals surface area contributed by atoms with Gasteiger partial charge < -0.3 is 10.1 Å². The molecule has 0 bridgehead atoms. The predicted octanol–water partition coefficient (Wildman–Crippen LogP) is 2.90. The Bertz CT molecular complexity index is 287. The molecule has 2 saturated heterocycles. The third-order valence-electron chi connectivity index (χ3n) is 5.22. The van der Waals surface area contributed by atoms with Crippen molar-refractivity contribution in [1.82, 2.24) is 10.2 Å². The summed E-state index contributed by atoms with van der Waals surface area (Å²) in [7, 11) is 0. The molecule has 0 aromatic heterocycles. The van der Waals surface area contributed by atoms with Gasteiger partial charge in [-0.05, 0) is 43.9 Å². The van der Waals surface area contributed by atoms with Crippen LogP contribution in [0.15, 0.2) is 0 Å². The molecule has 0 aliphatic carbocycles. The maximum atomic E-state index is 5.62. The van der Waals surface area contributed by atoms with E-state index in [1.54, 1.807) is 0 Å². The van der Waals surface area contributed by atoms with Crippen molar-refractivity contribution in [1.29, 1.82) is 0 Å². The number of nitrogens with one attached hydrogen (secondary N) is 1. The summed E-state index contributed by atoms with van der Waals surface area (Å²) in [5.74, 6) is 0.862. The Morgan fingerprint density at radius 1 is 1.20 bits per heavy atom. The van der Waals surface area contributed by atoms with E-state index >= 15 is 0 Å². The van der Waals surface area contributed by atoms with Crippen LogP contribution in [0.4, 0.5) is 0 Å². The Labute approximate surface area is 125 Å². The summed E-state index contributed by atoms with van der Waals surface area (Å²) in [6.45, 7) is 14.9. The molecular formula is C17H34N2O. The lowest BCUT2D eigenvalue weighted by Crippen LogP contribution is -2.52. The van der Waals surface area contributed by atoms with Crippen molar-refractivity contribution in [2.45, 2.75) is 65.5 Å². The van der Waals surface area contributed by atoms with E-state index in [-0.39, 0.29) is 0 Å². The first-order valence-electron chi connectivity index (χ1n) is 8.56. The highest BCUT2D eigenvalue weighted by molar-refractivity contribution is 4.90. The molecule has 3 nitrogen and oxygen atoms in total. The maximum Gasteiger partial charge on any atom is 0.0472 e. The fraction of sp³-hybridized carbons (Fsp3) is 1.00. The molecule has 2 fully saturated rings. The third-order valence-corrected chi connectivity index (χ3v) is 5.22. The van der Waals surface area contributed by atoms with Crippen molar-refractivity contribution in [3.63, 3.8) is 0 Å². The van der Waals surface area contributed by atoms with Gasteiger partial charge in [-0.15, -0.1) is 0 Å². The normalized spacial score (nSPS) is 31.6. The topological polar surface area (TPSA) is 24.5 Å². The number of piperidine rings is 1. The zero-order valence-corrected chi connectivity index (χ0v) is 14.0. The average Bonchev–Trinajstić information content (AvgIpc) is 2.42. The molecule has 3 heteroatoms. The van der Waals surface area contributed by atoms with Gasteiger partial charge in [-0.3, -0.25) is 4.90 Å². The Morgan fingerprint density at radius 3 is 2.55 bits per heavy atom. The van der Waals surface area contributed by atoms with E-state index in [2.05, 4.69) is 37.9 Å². The molecule has 2 heterocycles. The predicted molar refractivity (Wildman–Crippen MR) is 85.1 cm³/mol. The largest absolute Gasteiger partial charge is 0.381 e. The maximum absolute atomic E-state index is 5.62. The molecule has 1 N–H and O–H groups in total. The fourth-order valence-electron chi connectivity index (χ4n) is 3.65. The SMILES string of the molecule is CC1CCC(C)N(CC2(CNC(C)C)CCOCC2)C1. The van der Waals surface area contributed by atoms with Crippen LogP contribution in [0, 0.1) is 11.3 Å². The molecule has 2 aliphatic rings. The minimum atomic E-state index is 0.424. The average molecular weight is 282 g/mol. The molecule has 0 aromatic rings. The lowest BCUT2D eigenvalue weighted by atomic mass is 9.78. The van der Waals surface area contributed by atoms with E-state index in [0.717, 1.165) is 31.7 Å². The Balaban J connectivity index is 1.98. The van der Waals surface area contributed by atoms with Gasteiger partial charge in [0.25, 0.3) is 0 Å². The van der Waals surface area contributed by atoms with Crippen molar-refractivity contribution in [3.05, 3.63) is 0 Å². The molecule has 0 spiro atoms. The van der Waals surface area contributed by atoms with Crippen LogP contribution in [-0.2, 0) is 4.74 Å². The Kier molecular flexibility index (Phi) is 5.88. The molecule has 0 amide bonds. The van der Waals surface area contributed by atoms with Crippen molar-refractivity contribution in [2.75, 3.05) is 32.8 Å². The second-order valence-electron chi connectivity index (χ2n) is 7.61. The standard InChI is InChI=1S/C17H34N2O/c1-14(2)18-12-17(7-9-20-10-8-17)13-19-11-15(3)5-6-16(19)4/h14-16,18H,5-13H2,1-4H3. The summed E-state index contributed by atoms with van der Waals surface area (Å²) in [6.07, 6.45) is 5.19. The van der Waals surface area contributed by atoms with Gasteiger partial charge in [0.15, 0.2) is 0 Å². The van der Waals surface area contributed by atoms with Gasteiger partial charge in [-0.25, -0.2) is 0 Å². The third kappa shape index (κ3) is 4.44. The Hall–Kier alpha value is -0.120. The van der Waals surface area contributed by atoms with Gasteiger partial charge in [-0.2, -0.15) is 0 Å². The van der Waals surface area contributed by atoms with E-state index in [4.69, 9.17) is 4.74 Å². The number of hydrogen-bond donors (Lipinski definition) is 1. The zero-order valence-electron chi connectivity index (χ0n) is 14.0. The number of hydrogen-bond acceptors (Lipinski definition) is 3. The van der Waals surface area contributed by atoms with Crippen molar-refractivity contribution < 1.29 is 4.74 Å². The van der Waals surface area contributed by atoms with Gasteiger partial charge >= 0.3 is 0 Å². The molecule has 2 unspecified atom stereocenters. The molecule has 118 valence electrons. The lowest BCUT2D eigenvalue weighted by molar-refractivity contribution is -0.0210. The van der Waals surface area contributed by atoms with Gasteiger partial charge in [0.05, 0.1) is 0 Å². The van der Waals surface area contributed by atoms with E-state index in [1.807, 2.05) is 0 Å². The monoisotopic (exact) mass is 282 g/mol. The minimum absolute atomic E-state index is 0.424. The van der Waals surface area contributed by atoms with Crippen LogP contribution in [-0.4, -0.2) is 49.8 Å². The molecule has 2 rings (SSSR count). The second kappa shape index (κ2) is 7.24. The van der Waals surface area contributed by atoms with Crippen LogP contribution in [0.5, 0.6) is 0 Å². The highest BCUT2D eigenvalue weighted by Crippen LogP contribution is 2.34. The van der Waals surface area contributed by atoms with Crippen molar-refractivity contribution in [3.8, 4) is 0 Å². The number of nitrogens with zero attached hydrogens (tertiary/aromatic N) is 1. The summed E-state index contributed by atoms with van der Waals surface area (Å²) in [4.78, 5) is 2.75. The molecular weight excluding hydrogens is 248 g/mol. The molecule has 0 aromatic carbocycles. The van der Waals surface area contributed by atoms with Crippen LogP contribution in [0.2, 0.25) is 0 Å². The fourth-order valence-corrected chi connectivity index (χ4v) is 3.65. The van der Waals surface area contributed by atoms with Crippen molar-refractivity contribution in [2.24, 2.45) is 11.3 Å². The molecule has 0 radical (unpaired) electrons. The number of ether oxygens (including phenoxy) is 1. The quantitative estimate of drug-likeness (QED) is 0.839. The first kappa shape index (κ1) is 16.3. The highest BCUT2D eigenvalue weighted by atomic mass is 16.5. The van der Waals surface area contributed by atoms with Gasteiger partial charge in [0.1, 0.15) is 0 Å². The minimum Gasteiger partial charge on any atom is -0.381 e. The van der Waals surface area contributed by atoms with Crippen molar-refractivity contribution >= 4 is 0 Å². The summed E-state index contributed by atoms with van der Waals surface area (Å²) in [6, 6.07) is 1.33. The molecule has 0 saturated carbocycles. The number of rotatable bonds is 5. The van der Waals surface area contributed by atoms with Gasteiger partial charge in [0.2, 0.25) is 0 Å². The smallest absolute Gasteiger partial charge is 0.0472 e. The van der Waals surface area contributed by atoms with Gasteiger partial charge in [-0.1, -0.05) is 20.8 Å². The highest BCUT2D eigenvalue weighted by Gasteiger charge is 2.36. The zero-order chi connectivity index (χ0) is 14.6. The van der Waals surface area contributed by atoms with E-state index in [0.29, 0.717) is 11.5 Å².